The van der Waals surface area contributed by atoms with E-state index < -0.39 is 0 Å². The molecule has 0 bridgehead atoms. The molecule has 0 unspecified atom stereocenters. The molecule has 0 aliphatic heterocycles. The summed E-state index contributed by atoms with van der Waals surface area (Å²) in [7, 11) is 0. The van der Waals surface area contributed by atoms with Crippen LogP contribution in [0.3, 0.4) is 0 Å². The van der Waals surface area contributed by atoms with E-state index in [1.807, 2.05) is 12.1 Å². The van der Waals surface area contributed by atoms with Gasteiger partial charge in [-0.1, -0.05) is 12.1 Å². The second-order valence-corrected chi connectivity index (χ2v) is 5.15. The minimum atomic E-state index is -0.0298. The van der Waals surface area contributed by atoms with Gasteiger partial charge in [0.2, 0.25) is 5.91 Å². The van der Waals surface area contributed by atoms with Gasteiger partial charge in [-0.2, -0.15) is 0 Å². The lowest BCUT2D eigenvalue weighted by molar-refractivity contribution is -0.114. The summed E-state index contributed by atoms with van der Waals surface area (Å²) in [5.41, 5.74) is 2.46. The molecule has 3 heteroatoms. The van der Waals surface area contributed by atoms with Gasteiger partial charge in [0.15, 0.2) is 0 Å². The highest BCUT2D eigenvalue weighted by Gasteiger charge is 2.30. The van der Waals surface area contributed by atoms with E-state index in [4.69, 9.17) is 0 Å². The lowest BCUT2D eigenvalue weighted by Gasteiger charge is -2.39. The molecule has 1 fully saturated rings. The second-order valence-electron chi connectivity index (χ2n) is 5.15. The highest BCUT2D eigenvalue weighted by molar-refractivity contribution is 5.88. The van der Waals surface area contributed by atoms with Crippen LogP contribution in [0.5, 0.6) is 0 Å². The minimum absolute atomic E-state index is 0.0298. The largest absolute Gasteiger partial charge is 0.326 e. The topological polar surface area (TPSA) is 41.1 Å². The molecular weight excluding hydrogens is 212 g/mol. The van der Waals surface area contributed by atoms with Gasteiger partial charge in [0.05, 0.1) is 0 Å². The van der Waals surface area contributed by atoms with Crippen molar-refractivity contribution < 1.29 is 4.79 Å². The summed E-state index contributed by atoms with van der Waals surface area (Å²) in [6, 6.07) is 8.00. The van der Waals surface area contributed by atoms with Crippen molar-refractivity contribution in [2.24, 2.45) is 0 Å². The van der Waals surface area contributed by atoms with Crippen molar-refractivity contribution in [2.45, 2.75) is 45.2 Å². The molecule has 2 rings (SSSR count). The summed E-state index contributed by atoms with van der Waals surface area (Å²) in [5.74, 6) is -0.0298. The summed E-state index contributed by atoms with van der Waals surface area (Å²) < 4.78 is 0. The van der Waals surface area contributed by atoms with Gasteiger partial charge >= 0.3 is 0 Å². The molecule has 0 aromatic heterocycles. The maximum atomic E-state index is 10.9. The zero-order valence-corrected chi connectivity index (χ0v) is 10.5. The maximum absolute atomic E-state index is 10.9. The number of anilines is 1. The van der Waals surface area contributed by atoms with Gasteiger partial charge in [-0.15, -0.1) is 0 Å². The minimum Gasteiger partial charge on any atom is -0.326 e. The number of nitrogens with one attached hydrogen (secondary N) is 2. The van der Waals surface area contributed by atoms with Crippen LogP contribution in [0.4, 0.5) is 5.69 Å². The molecule has 1 aliphatic carbocycles. The van der Waals surface area contributed by atoms with Crippen LogP contribution in [0.25, 0.3) is 0 Å². The fourth-order valence-corrected chi connectivity index (χ4v) is 2.11. The SMILES string of the molecule is CC(=O)Nc1ccc(CNC2(C)CCC2)cc1. The Morgan fingerprint density at radius 2 is 1.94 bits per heavy atom. The number of hydrogen-bond donors (Lipinski definition) is 2. The molecule has 3 nitrogen and oxygen atoms in total. The van der Waals surface area contributed by atoms with Crippen LogP contribution in [-0.2, 0) is 11.3 Å². The molecule has 1 aromatic carbocycles. The molecule has 0 spiro atoms. The zero-order valence-electron chi connectivity index (χ0n) is 10.5. The normalized spacial score (nSPS) is 17.3. The molecular formula is C14H20N2O. The fourth-order valence-electron chi connectivity index (χ4n) is 2.11. The van der Waals surface area contributed by atoms with Crippen LogP contribution in [0.2, 0.25) is 0 Å². The monoisotopic (exact) mass is 232 g/mol. The average molecular weight is 232 g/mol. The second kappa shape index (κ2) is 4.88. The van der Waals surface area contributed by atoms with E-state index in [2.05, 4.69) is 29.7 Å². The lowest BCUT2D eigenvalue weighted by atomic mass is 9.78. The summed E-state index contributed by atoms with van der Waals surface area (Å²) in [4.78, 5) is 10.9. The molecule has 0 saturated heterocycles. The molecule has 1 amide bonds. The Kier molecular flexibility index (Phi) is 3.48. The molecule has 1 saturated carbocycles. The quantitative estimate of drug-likeness (QED) is 0.838. The highest BCUT2D eigenvalue weighted by atomic mass is 16.1. The van der Waals surface area contributed by atoms with Crippen LogP contribution in [-0.4, -0.2) is 11.4 Å². The van der Waals surface area contributed by atoms with Gasteiger partial charge in [0.1, 0.15) is 0 Å². The van der Waals surface area contributed by atoms with Crippen LogP contribution in [0, 0.1) is 0 Å². The van der Waals surface area contributed by atoms with Crippen molar-refractivity contribution in [2.75, 3.05) is 5.32 Å². The Balaban J connectivity index is 1.87. The number of carbonyl (C=O) groups is 1. The van der Waals surface area contributed by atoms with E-state index in [9.17, 15) is 4.79 Å². The first-order valence-electron chi connectivity index (χ1n) is 6.19. The van der Waals surface area contributed by atoms with E-state index in [-0.39, 0.29) is 5.91 Å². The number of carbonyl (C=O) groups excluding carboxylic acids is 1. The Morgan fingerprint density at radius 3 is 2.41 bits per heavy atom. The summed E-state index contributed by atoms with van der Waals surface area (Å²) in [5, 5.41) is 6.35. The van der Waals surface area contributed by atoms with Gasteiger partial charge in [0, 0.05) is 24.7 Å². The standard InChI is InChI=1S/C14H20N2O/c1-11(17)16-13-6-4-12(5-7-13)10-15-14(2)8-3-9-14/h4-7,15H,3,8-10H2,1-2H3,(H,16,17). The summed E-state index contributed by atoms with van der Waals surface area (Å²) in [6.07, 6.45) is 3.89. The molecule has 1 aliphatic rings. The van der Waals surface area contributed by atoms with Gasteiger partial charge in [0.25, 0.3) is 0 Å². The Hall–Kier alpha value is -1.35. The molecule has 0 atom stereocenters. The van der Waals surface area contributed by atoms with E-state index in [1.165, 1.54) is 31.7 Å². The first-order chi connectivity index (χ1) is 8.07. The van der Waals surface area contributed by atoms with E-state index >= 15 is 0 Å². The summed E-state index contributed by atoms with van der Waals surface area (Å²) >= 11 is 0. The van der Waals surface area contributed by atoms with Gasteiger partial charge in [-0.05, 0) is 43.9 Å². The molecule has 0 radical (unpaired) electrons. The van der Waals surface area contributed by atoms with Crippen LogP contribution >= 0.6 is 0 Å². The van der Waals surface area contributed by atoms with E-state index in [0.717, 1.165) is 12.2 Å². The van der Waals surface area contributed by atoms with Crippen LogP contribution < -0.4 is 10.6 Å². The van der Waals surface area contributed by atoms with Crippen molar-refractivity contribution in [1.82, 2.24) is 5.32 Å². The third kappa shape index (κ3) is 3.30. The highest BCUT2D eigenvalue weighted by Crippen LogP contribution is 2.31. The van der Waals surface area contributed by atoms with Crippen molar-refractivity contribution in [3.63, 3.8) is 0 Å². The fraction of sp³-hybridized carbons (Fsp3) is 0.500. The van der Waals surface area contributed by atoms with Crippen molar-refractivity contribution in [1.29, 1.82) is 0 Å². The summed E-state index contributed by atoms with van der Waals surface area (Å²) in [6.45, 7) is 4.70. The van der Waals surface area contributed by atoms with E-state index in [1.54, 1.807) is 0 Å². The van der Waals surface area contributed by atoms with Crippen molar-refractivity contribution >= 4 is 11.6 Å². The lowest BCUT2D eigenvalue weighted by Crippen LogP contribution is -2.47. The number of benzene rings is 1. The smallest absolute Gasteiger partial charge is 0.221 e. The third-order valence-electron chi connectivity index (χ3n) is 3.45. The molecule has 2 N–H and O–H groups in total. The Labute approximate surface area is 103 Å². The number of amides is 1. The molecule has 17 heavy (non-hydrogen) atoms. The molecule has 92 valence electrons. The van der Waals surface area contributed by atoms with Gasteiger partial charge < -0.3 is 10.6 Å². The molecule has 1 aromatic rings. The Bertz CT molecular complexity index is 393. The predicted octanol–water partition coefficient (Wildman–Crippen LogP) is 2.68. The van der Waals surface area contributed by atoms with Gasteiger partial charge in [-0.25, -0.2) is 0 Å². The van der Waals surface area contributed by atoms with Crippen LogP contribution in [0.1, 0.15) is 38.7 Å². The van der Waals surface area contributed by atoms with E-state index in [0.29, 0.717) is 5.54 Å². The maximum Gasteiger partial charge on any atom is 0.221 e. The molecule has 0 heterocycles. The first-order valence-corrected chi connectivity index (χ1v) is 6.19. The van der Waals surface area contributed by atoms with Crippen LogP contribution in [0.15, 0.2) is 24.3 Å². The Morgan fingerprint density at radius 1 is 1.29 bits per heavy atom. The third-order valence-corrected chi connectivity index (χ3v) is 3.45. The number of hydrogen-bond acceptors (Lipinski definition) is 2. The average Bonchev–Trinajstić information content (AvgIpc) is 2.25. The predicted molar refractivity (Wildman–Crippen MR) is 69.8 cm³/mol. The van der Waals surface area contributed by atoms with Gasteiger partial charge in [-0.3, -0.25) is 4.79 Å². The van der Waals surface area contributed by atoms with Crippen molar-refractivity contribution in [3.8, 4) is 0 Å². The van der Waals surface area contributed by atoms with Crippen molar-refractivity contribution in [3.05, 3.63) is 29.8 Å². The number of rotatable bonds is 4. The zero-order chi connectivity index (χ0) is 12.3. The first kappa shape index (κ1) is 12.1.